The van der Waals surface area contributed by atoms with Crippen molar-refractivity contribution in [2.24, 2.45) is 5.92 Å². The van der Waals surface area contributed by atoms with Crippen LogP contribution in [0.15, 0.2) is 59.1 Å². The minimum absolute atomic E-state index is 0.207. The predicted molar refractivity (Wildman–Crippen MR) is 110 cm³/mol. The molecule has 1 aliphatic rings. The van der Waals surface area contributed by atoms with Gasteiger partial charge in [-0.2, -0.15) is 0 Å². The molecule has 1 fully saturated rings. The van der Waals surface area contributed by atoms with Crippen LogP contribution in [0.2, 0.25) is 0 Å². The number of halogens is 1. The van der Waals surface area contributed by atoms with Gasteiger partial charge in [0.25, 0.3) is 0 Å². The SMILES string of the molecule is Cc1ccc(CN(Cc2ccc(F)cc2)[C@@H]2COC[C@H]2Cc2cc(C)no2)cc1. The van der Waals surface area contributed by atoms with Crippen LogP contribution in [-0.2, 0) is 24.2 Å². The average Bonchev–Trinajstić information content (AvgIpc) is 3.34. The van der Waals surface area contributed by atoms with Crippen LogP contribution in [0, 0.1) is 25.6 Å². The molecule has 0 spiro atoms. The number of rotatable bonds is 7. The van der Waals surface area contributed by atoms with Crippen molar-refractivity contribution in [1.82, 2.24) is 10.1 Å². The van der Waals surface area contributed by atoms with Crippen molar-refractivity contribution < 1.29 is 13.7 Å². The van der Waals surface area contributed by atoms with Gasteiger partial charge in [-0.05, 0) is 37.1 Å². The van der Waals surface area contributed by atoms with Crippen LogP contribution in [0.1, 0.15) is 28.1 Å². The highest BCUT2D eigenvalue weighted by Gasteiger charge is 2.34. The molecule has 0 saturated carbocycles. The Kier molecular flexibility index (Phi) is 6.07. The van der Waals surface area contributed by atoms with E-state index in [1.54, 1.807) is 0 Å². The first-order valence-electron chi connectivity index (χ1n) is 10.1. The average molecular weight is 394 g/mol. The van der Waals surface area contributed by atoms with E-state index in [0.717, 1.165) is 36.5 Å². The first-order valence-corrected chi connectivity index (χ1v) is 10.1. The minimum Gasteiger partial charge on any atom is -0.379 e. The largest absolute Gasteiger partial charge is 0.379 e. The van der Waals surface area contributed by atoms with Crippen molar-refractivity contribution in [2.75, 3.05) is 13.2 Å². The van der Waals surface area contributed by atoms with Crippen LogP contribution < -0.4 is 0 Å². The fourth-order valence-corrected chi connectivity index (χ4v) is 4.00. The third-order valence-electron chi connectivity index (χ3n) is 5.58. The third kappa shape index (κ3) is 5.11. The van der Waals surface area contributed by atoms with E-state index in [-0.39, 0.29) is 11.9 Å². The molecule has 4 rings (SSSR count). The zero-order chi connectivity index (χ0) is 20.2. The molecule has 1 saturated heterocycles. The van der Waals surface area contributed by atoms with E-state index in [9.17, 15) is 4.39 Å². The molecule has 29 heavy (non-hydrogen) atoms. The van der Waals surface area contributed by atoms with E-state index in [4.69, 9.17) is 9.26 Å². The van der Waals surface area contributed by atoms with Crippen LogP contribution in [0.4, 0.5) is 4.39 Å². The normalized spacial score (nSPS) is 19.2. The summed E-state index contributed by atoms with van der Waals surface area (Å²) in [6, 6.07) is 17.7. The lowest BCUT2D eigenvalue weighted by atomic mass is 9.95. The van der Waals surface area contributed by atoms with Crippen molar-refractivity contribution >= 4 is 0 Å². The molecule has 2 heterocycles. The number of nitrogens with zero attached hydrogens (tertiary/aromatic N) is 2. The smallest absolute Gasteiger partial charge is 0.137 e. The van der Waals surface area contributed by atoms with Gasteiger partial charge in [-0.15, -0.1) is 0 Å². The molecule has 5 heteroatoms. The maximum Gasteiger partial charge on any atom is 0.137 e. The van der Waals surface area contributed by atoms with Gasteiger partial charge < -0.3 is 9.26 Å². The highest BCUT2D eigenvalue weighted by molar-refractivity contribution is 5.22. The molecule has 0 unspecified atom stereocenters. The Morgan fingerprint density at radius 1 is 0.966 bits per heavy atom. The second-order valence-electron chi connectivity index (χ2n) is 8.02. The van der Waals surface area contributed by atoms with Gasteiger partial charge in [0.15, 0.2) is 0 Å². The van der Waals surface area contributed by atoms with Gasteiger partial charge in [-0.1, -0.05) is 47.1 Å². The Hall–Kier alpha value is -2.50. The lowest BCUT2D eigenvalue weighted by Crippen LogP contribution is -2.40. The van der Waals surface area contributed by atoms with E-state index in [1.165, 1.54) is 23.3 Å². The summed E-state index contributed by atoms with van der Waals surface area (Å²) >= 11 is 0. The number of benzene rings is 2. The van der Waals surface area contributed by atoms with E-state index in [2.05, 4.69) is 41.2 Å². The van der Waals surface area contributed by atoms with Gasteiger partial charge >= 0.3 is 0 Å². The maximum atomic E-state index is 13.4. The third-order valence-corrected chi connectivity index (χ3v) is 5.58. The highest BCUT2D eigenvalue weighted by atomic mass is 19.1. The van der Waals surface area contributed by atoms with Gasteiger partial charge in [0.05, 0.1) is 18.9 Å². The Morgan fingerprint density at radius 3 is 2.24 bits per heavy atom. The summed E-state index contributed by atoms with van der Waals surface area (Å²) in [5.41, 5.74) is 4.51. The number of aryl methyl sites for hydroxylation is 2. The molecule has 2 aromatic carbocycles. The lowest BCUT2D eigenvalue weighted by Gasteiger charge is -2.32. The summed E-state index contributed by atoms with van der Waals surface area (Å²) in [6.07, 6.45) is 0.805. The van der Waals surface area contributed by atoms with Crippen LogP contribution >= 0.6 is 0 Å². The van der Waals surface area contributed by atoms with Gasteiger partial charge in [0.1, 0.15) is 11.6 Å². The fraction of sp³-hybridized carbons (Fsp3) is 0.375. The summed E-state index contributed by atoms with van der Waals surface area (Å²) in [7, 11) is 0. The van der Waals surface area contributed by atoms with Gasteiger partial charge in [-0.25, -0.2) is 4.39 Å². The van der Waals surface area contributed by atoms with Gasteiger partial charge in [0, 0.05) is 37.5 Å². The van der Waals surface area contributed by atoms with E-state index < -0.39 is 0 Å². The number of aromatic nitrogens is 1. The van der Waals surface area contributed by atoms with Crippen molar-refractivity contribution in [3.63, 3.8) is 0 Å². The van der Waals surface area contributed by atoms with Crippen LogP contribution in [-0.4, -0.2) is 29.3 Å². The first kappa shape index (κ1) is 19.8. The number of hydrogen-bond donors (Lipinski definition) is 0. The Bertz CT molecular complexity index is 873. The second-order valence-corrected chi connectivity index (χ2v) is 8.02. The van der Waals surface area contributed by atoms with Crippen LogP contribution in [0.25, 0.3) is 0 Å². The molecule has 1 aliphatic heterocycles. The predicted octanol–water partition coefficient (Wildman–Crippen LogP) is 4.69. The van der Waals surface area contributed by atoms with E-state index in [1.807, 2.05) is 25.1 Å². The van der Waals surface area contributed by atoms with Gasteiger partial charge in [0.2, 0.25) is 0 Å². The molecule has 0 radical (unpaired) electrons. The summed E-state index contributed by atoms with van der Waals surface area (Å²) in [5.74, 6) is 1.02. The zero-order valence-electron chi connectivity index (χ0n) is 17.0. The Morgan fingerprint density at radius 2 is 1.62 bits per heavy atom. The summed E-state index contributed by atoms with van der Waals surface area (Å²) in [5, 5.41) is 4.02. The monoisotopic (exact) mass is 394 g/mol. The lowest BCUT2D eigenvalue weighted by molar-refractivity contribution is 0.127. The molecule has 0 N–H and O–H groups in total. The molecule has 4 nitrogen and oxygen atoms in total. The number of hydrogen-bond acceptors (Lipinski definition) is 4. The fourth-order valence-electron chi connectivity index (χ4n) is 4.00. The molecule has 2 atom stereocenters. The molecular formula is C24H27FN2O2. The zero-order valence-corrected chi connectivity index (χ0v) is 17.0. The molecule has 0 bridgehead atoms. The van der Waals surface area contributed by atoms with Crippen LogP contribution in [0.5, 0.6) is 0 Å². The molecule has 152 valence electrons. The second kappa shape index (κ2) is 8.89. The van der Waals surface area contributed by atoms with E-state index >= 15 is 0 Å². The first-order chi connectivity index (χ1) is 14.1. The Balaban J connectivity index is 1.55. The standard InChI is InChI=1S/C24H27FN2O2/c1-17-3-5-19(6-4-17)13-27(14-20-7-9-22(25)10-8-20)24-16-28-15-21(24)12-23-11-18(2)26-29-23/h3-11,21,24H,12-16H2,1-2H3/t21-,24-/m1/s1. The number of ether oxygens (including phenoxy) is 1. The molecule has 1 aromatic heterocycles. The van der Waals surface area contributed by atoms with Crippen molar-refractivity contribution in [3.8, 4) is 0 Å². The molecule has 0 aliphatic carbocycles. The topological polar surface area (TPSA) is 38.5 Å². The van der Waals surface area contributed by atoms with Crippen molar-refractivity contribution in [2.45, 2.75) is 39.4 Å². The van der Waals surface area contributed by atoms with Crippen molar-refractivity contribution in [3.05, 3.63) is 88.6 Å². The molecule has 0 amide bonds. The molecule has 3 aromatic rings. The molecular weight excluding hydrogens is 367 g/mol. The summed E-state index contributed by atoms with van der Waals surface area (Å²) < 4.78 is 24.7. The summed E-state index contributed by atoms with van der Waals surface area (Å²) in [4.78, 5) is 2.44. The summed E-state index contributed by atoms with van der Waals surface area (Å²) in [6.45, 7) is 6.99. The van der Waals surface area contributed by atoms with Crippen LogP contribution in [0.3, 0.4) is 0 Å². The van der Waals surface area contributed by atoms with Crippen molar-refractivity contribution in [1.29, 1.82) is 0 Å². The van der Waals surface area contributed by atoms with Gasteiger partial charge in [-0.3, -0.25) is 4.90 Å². The Labute approximate surface area is 171 Å². The minimum atomic E-state index is -0.207. The van der Waals surface area contributed by atoms with E-state index in [0.29, 0.717) is 19.1 Å². The maximum absolute atomic E-state index is 13.4. The highest BCUT2D eigenvalue weighted by Crippen LogP contribution is 2.27. The quantitative estimate of drug-likeness (QED) is 0.583.